The molecule has 7 nitrogen and oxygen atoms in total. The van der Waals surface area contributed by atoms with E-state index >= 15 is 0 Å². The molecule has 1 saturated heterocycles. The highest BCUT2D eigenvalue weighted by molar-refractivity contribution is 7.99. The van der Waals surface area contributed by atoms with Gasteiger partial charge in [0.15, 0.2) is 11.0 Å². The Hall–Kier alpha value is -3.65. The van der Waals surface area contributed by atoms with E-state index in [4.69, 9.17) is 0 Å². The lowest BCUT2D eigenvalue weighted by molar-refractivity contribution is -0.128. The summed E-state index contributed by atoms with van der Waals surface area (Å²) in [6, 6.07) is 20.5. The van der Waals surface area contributed by atoms with Crippen LogP contribution < -0.4 is 4.90 Å². The quantitative estimate of drug-likeness (QED) is 0.351. The smallest absolute Gasteiger partial charge is 0.233 e. The largest absolute Gasteiger partial charge is 0.368 e. The van der Waals surface area contributed by atoms with E-state index in [1.54, 1.807) is 12.4 Å². The van der Waals surface area contributed by atoms with Gasteiger partial charge in [-0.3, -0.25) is 14.3 Å². The number of anilines is 1. The van der Waals surface area contributed by atoms with Gasteiger partial charge >= 0.3 is 0 Å². The molecule has 4 aromatic rings. The molecule has 2 aromatic heterocycles. The molecule has 0 saturated carbocycles. The molecule has 0 radical (unpaired) electrons. The summed E-state index contributed by atoms with van der Waals surface area (Å²) in [5, 5.41) is 9.66. The van der Waals surface area contributed by atoms with Crippen LogP contribution in [0.3, 0.4) is 0 Å². The minimum Gasteiger partial charge on any atom is -0.368 e. The second kappa shape index (κ2) is 11.0. The molecule has 2 aromatic carbocycles. The SMILES string of the molecule is Cc1cccc(N2CCN(C(=O)CSc3nnc(-c4ccncc4)n3Cc3ccccc3)CC2)c1C. The van der Waals surface area contributed by atoms with E-state index in [1.807, 2.05) is 35.2 Å². The molecule has 0 unspecified atom stereocenters. The van der Waals surface area contributed by atoms with E-state index in [1.165, 1.54) is 28.6 Å². The van der Waals surface area contributed by atoms with E-state index in [-0.39, 0.29) is 5.91 Å². The molecular formula is C28H30N6OS. The second-order valence-corrected chi connectivity index (χ2v) is 9.93. The van der Waals surface area contributed by atoms with Crippen molar-refractivity contribution < 1.29 is 4.79 Å². The lowest BCUT2D eigenvalue weighted by atomic mass is 10.1. The van der Waals surface area contributed by atoms with Crippen LogP contribution in [-0.4, -0.2) is 62.5 Å². The first kappa shape index (κ1) is 24.1. The Kier molecular flexibility index (Phi) is 7.32. The van der Waals surface area contributed by atoms with Crippen LogP contribution in [-0.2, 0) is 11.3 Å². The Morgan fingerprint density at radius 3 is 2.39 bits per heavy atom. The minimum absolute atomic E-state index is 0.139. The van der Waals surface area contributed by atoms with E-state index < -0.39 is 0 Å². The predicted octanol–water partition coefficient (Wildman–Crippen LogP) is 4.45. The Labute approximate surface area is 216 Å². The van der Waals surface area contributed by atoms with Crippen molar-refractivity contribution in [3.8, 4) is 11.4 Å². The number of hydrogen-bond donors (Lipinski definition) is 0. The maximum atomic E-state index is 13.1. The summed E-state index contributed by atoms with van der Waals surface area (Å²) in [6.45, 7) is 8.10. The number of pyridine rings is 1. The highest BCUT2D eigenvalue weighted by Crippen LogP contribution is 2.26. The fraction of sp³-hybridized carbons (Fsp3) is 0.286. The summed E-state index contributed by atoms with van der Waals surface area (Å²) in [6.07, 6.45) is 3.51. The van der Waals surface area contributed by atoms with Gasteiger partial charge in [0.2, 0.25) is 5.91 Å². The van der Waals surface area contributed by atoms with Gasteiger partial charge in [0.1, 0.15) is 0 Å². The van der Waals surface area contributed by atoms with Crippen molar-refractivity contribution in [2.75, 3.05) is 36.8 Å². The maximum Gasteiger partial charge on any atom is 0.233 e. The summed E-state index contributed by atoms with van der Waals surface area (Å²) < 4.78 is 2.08. The standard InChI is InChI=1S/C28H30N6OS/c1-21-7-6-10-25(22(21)2)32-15-17-33(18-16-32)26(35)20-36-28-31-30-27(24-11-13-29-14-12-24)34(28)19-23-8-4-3-5-9-23/h3-14H,15-20H2,1-2H3. The minimum atomic E-state index is 0.139. The number of carbonyl (C=O) groups excluding carboxylic acids is 1. The first-order valence-electron chi connectivity index (χ1n) is 12.2. The summed E-state index contributed by atoms with van der Waals surface area (Å²) in [7, 11) is 0. The van der Waals surface area contributed by atoms with Crippen LogP contribution in [0.4, 0.5) is 5.69 Å². The maximum absolute atomic E-state index is 13.1. The molecule has 36 heavy (non-hydrogen) atoms. The van der Waals surface area contributed by atoms with Gasteiger partial charge in [0, 0.05) is 49.8 Å². The van der Waals surface area contributed by atoms with Crippen molar-refractivity contribution in [2.24, 2.45) is 0 Å². The average molecular weight is 499 g/mol. The number of nitrogens with zero attached hydrogens (tertiary/aromatic N) is 6. The molecule has 5 rings (SSSR count). The van der Waals surface area contributed by atoms with Crippen LogP contribution in [0.2, 0.25) is 0 Å². The molecule has 0 N–H and O–H groups in total. The zero-order chi connectivity index (χ0) is 24.9. The molecule has 0 bridgehead atoms. The molecule has 1 amide bonds. The second-order valence-electron chi connectivity index (χ2n) is 8.99. The van der Waals surface area contributed by atoms with Crippen molar-refractivity contribution in [1.82, 2.24) is 24.6 Å². The Bertz CT molecular complexity index is 1320. The van der Waals surface area contributed by atoms with Gasteiger partial charge < -0.3 is 9.80 Å². The predicted molar refractivity (Wildman–Crippen MR) is 144 cm³/mol. The number of benzene rings is 2. The molecular weight excluding hydrogens is 468 g/mol. The summed E-state index contributed by atoms with van der Waals surface area (Å²) in [4.78, 5) is 21.6. The molecule has 1 fully saturated rings. The van der Waals surface area contributed by atoms with Gasteiger partial charge in [0.25, 0.3) is 0 Å². The summed E-state index contributed by atoms with van der Waals surface area (Å²) in [5.41, 5.74) is 6.00. The molecule has 0 aliphatic carbocycles. The number of aryl methyl sites for hydroxylation is 1. The van der Waals surface area contributed by atoms with Gasteiger partial charge in [0.05, 0.1) is 12.3 Å². The highest BCUT2D eigenvalue weighted by atomic mass is 32.2. The summed E-state index contributed by atoms with van der Waals surface area (Å²) >= 11 is 1.45. The van der Waals surface area contributed by atoms with E-state index in [0.717, 1.165) is 48.3 Å². The zero-order valence-electron chi connectivity index (χ0n) is 20.7. The molecule has 0 atom stereocenters. The Morgan fingerprint density at radius 1 is 0.889 bits per heavy atom. The highest BCUT2D eigenvalue weighted by Gasteiger charge is 2.23. The van der Waals surface area contributed by atoms with Crippen LogP contribution in [0.1, 0.15) is 16.7 Å². The van der Waals surface area contributed by atoms with Crippen molar-refractivity contribution in [3.63, 3.8) is 0 Å². The van der Waals surface area contributed by atoms with Crippen LogP contribution in [0.5, 0.6) is 0 Å². The third-order valence-corrected chi connectivity index (χ3v) is 7.66. The zero-order valence-corrected chi connectivity index (χ0v) is 21.5. The first-order valence-corrected chi connectivity index (χ1v) is 13.2. The average Bonchev–Trinajstić information content (AvgIpc) is 3.32. The molecule has 8 heteroatoms. The molecule has 1 aliphatic rings. The van der Waals surface area contributed by atoms with Gasteiger partial charge in [-0.1, -0.05) is 54.2 Å². The number of thioether (sulfide) groups is 1. The van der Waals surface area contributed by atoms with E-state index in [9.17, 15) is 4.79 Å². The van der Waals surface area contributed by atoms with Gasteiger partial charge in [-0.25, -0.2) is 0 Å². The number of aromatic nitrogens is 4. The van der Waals surface area contributed by atoms with Crippen molar-refractivity contribution in [3.05, 3.63) is 89.7 Å². The molecule has 1 aliphatic heterocycles. The Balaban J connectivity index is 1.26. The van der Waals surface area contributed by atoms with Crippen molar-refractivity contribution in [1.29, 1.82) is 0 Å². The first-order chi connectivity index (χ1) is 17.6. The normalized spacial score (nSPS) is 13.7. The molecule has 0 spiro atoms. The number of hydrogen-bond acceptors (Lipinski definition) is 6. The third-order valence-electron chi connectivity index (χ3n) is 6.71. The number of carbonyl (C=O) groups is 1. The van der Waals surface area contributed by atoms with Crippen LogP contribution >= 0.6 is 11.8 Å². The van der Waals surface area contributed by atoms with Crippen LogP contribution in [0.25, 0.3) is 11.4 Å². The Morgan fingerprint density at radius 2 is 1.64 bits per heavy atom. The topological polar surface area (TPSA) is 67.2 Å². The number of piperazine rings is 1. The van der Waals surface area contributed by atoms with Gasteiger partial charge in [-0.15, -0.1) is 10.2 Å². The lowest BCUT2D eigenvalue weighted by Gasteiger charge is -2.37. The lowest BCUT2D eigenvalue weighted by Crippen LogP contribution is -2.49. The van der Waals surface area contributed by atoms with E-state index in [0.29, 0.717) is 12.3 Å². The van der Waals surface area contributed by atoms with Crippen molar-refractivity contribution in [2.45, 2.75) is 25.5 Å². The fourth-order valence-corrected chi connectivity index (χ4v) is 5.35. The monoisotopic (exact) mass is 498 g/mol. The van der Waals surface area contributed by atoms with Crippen molar-refractivity contribution >= 4 is 23.4 Å². The van der Waals surface area contributed by atoms with Gasteiger partial charge in [-0.05, 0) is 48.7 Å². The molecule has 184 valence electrons. The van der Waals surface area contributed by atoms with Gasteiger partial charge in [-0.2, -0.15) is 0 Å². The van der Waals surface area contributed by atoms with Crippen LogP contribution in [0, 0.1) is 13.8 Å². The van der Waals surface area contributed by atoms with E-state index in [2.05, 4.69) is 68.8 Å². The number of amides is 1. The fourth-order valence-electron chi connectivity index (χ4n) is 4.51. The number of rotatable bonds is 7. The van der Waals surface area contributed by atoms with Crippen LogP contribution in [0.15, 0.2) is 78.2 Å². The molecule has 3 heterocycles. The third kappa shape index (κ3) is 5.28. The summed E-state index contributed by atoms with van der Waals surface area (Å²) in [5.74, 6) is 1.26.